The molecular weight excluding hydrogens is 436 g/mol. The largest absolute Gasteiger partial charge is 0.477 e. The molecule has 10 heteroatoms. The average molecular weight is 463 g/mol. The lowest BCUT2D eigenvalue weighted by Gasteiger charge is -2.30. The van der Waals surface area contributed by atoms with Gasteiger partial charge in [0.2, 0.25) is 5.95 Å². The Hall–Kier alpha value is -4.05. The van der Waals surface area contributed by atoms with Crippen molar-refractivity contribution in [3.8, 4) is 0 Å². The van der Waals surface area contributed by atoms with Crippen LogP contribution in [-0.2, 0) is 5.54 Å². The number of amides is 1. The highest BCUT2D eigenvalue weighted by Gasteiger charge is 2.43. The van der Waals surface area contributed by atoms with Crippen molar-refractivity contribution in [2.24, 2.45) is 0 Å². The van der Waals surface area contributed by atoms with Crippen molar-refractivity contribution in [1.82, 2.24) is 19.9 Å². The third kappa shape index (κ3) is 4.15. The summed E-state index contributed by atoms with van der Waals surface area (Å²) in [5, 5.41) is 25.5. The smallest absolute Gasteiger partial charge is 0.341 e. The Morgan fingerprint density at radius 2 is 1.88 bits per heavy atom. The second-order valence-electron chi connectivity index (χ2n) is 8.38. The molecule has 0 bridgehead atoms. The first-order chi connectivity index (χ1) is 16.3. The molecule has 3 aromatic rings. The van der Waals surface area contributed by atoms with Gasteiger partial charge < -0.3 is 25.7 Å². The zero-order valence-electron chi connectivity index (χ0n) is 19.1. The summed E-state index contributed by atoms with van der Waals surface area (Å²) >= 11 is 0. The summed E-state index contributed by atoms with van der Waals surface area (Å²) in [5.41, 5.74) is 1.28. The summed E-state index contributed by atoms with van der Waals surface area (Å²) < 4.78 is 0. The normalized spacial score (nSPS) is 15.1. The highest BCUT2D eigenvalue weighted by Crippen LogP contribution is 2.38. The Bertz CT molecular complexity index is 1230. The first-order valence-electron chi connectivity index (χ1n) is 10.9. The number of benzene rings is 1. The van der Waals surface area contributed by atoms with Gasteiger partial charge in [0.15, 0.2) is 0 Å². The number of carbonyl (C=O) groups is 2. The van der Waals surface area contributed by atoms with Gasteiger partial charge in [-0.15, -0.1) is 0 Å². The van der Waals surface area contributed by atoms with E-state index in [2.05, 4.69) is 25.6 Å². The quantitative estimate of drug-likeness (QED) is 0.397. The number of fused-ring (bicyclic) bond motifs is 1. The molecular formula is C24H26N6O4. The van der Waals surface area contributed by atoms with E-state index >= 15 is 0 Å². The van der Waals surface area contributed by atoms with Crippen molar-refractivity contribution in [2.45, 2.75) is 32.4 Å². The van der Waals surface area contributed by atoms with E-state index in [-0.39, 0.29) is 29.8 Å². The van der Waals surface area contributed by atoms with Gasteiger partial charge in [-0.3, -0.25) is 4.79 Å². The molecule has 1 aliphatic rings. The van der Waals surface area contributed by atoms with Crippen molar-refractivity contribution in [3.05, 3.63) is 71.0 Å². The average Bonchev–Trinajstić information content (AvgIpc) is 3.02. The predicted octanol–water partition coefficient (Wildman–Crippen LogP) is 3.17. The molecule has 4 N–H and O–H groups in total. The molecule has 10 nitrogen and oxygen atoms in total. The number of anilines is 3. The van der Waals surface area contributed by atoms with Crippen LogP contribution in [0.4, 0.5) is 17.6 Å². The highest BCUT2D eigenvalue weighted by molar-refractivity contribution is 5.99. The minimum atomic E-state index is -1.20. The van der Waals surface area contributed by atoms with Crippen molar-refractivity contribution >= 4 is 29.5 Å². The van der Waals surface area contributed by atoms with Crippen LogP contribution < -0.4 is 10.6 Å². The fourth-order valence-electron chi connectivity index (χ4n) is 4.14. The minimum Gasteiger partial charge on any atom is -0.477 e. The van der Waals surface area contributed by atoms with E-state index in [0.717, 1.165) is 5.56 Å². The molecule has 1 aromatic carbocycles. The summed E-state index contributed by atoms with van der Waals surface area (Å²) in [6, 6.07) is 12.0. The van der Waals surface area contributed by atoms with Crippen LogP contribution in [0.25, 0.3) is 0 Å². The number of nitrogens with one attached hydrogen (secondary N) is 2. The molecule has 0 spiro atoms. The van der Waals surface area contributed by atoms with Crippen LogP contribution in [0.5, 0.6) is 0 Å². The summed E-state index contributed by atoms with van der Waals surface area (Å²) in [6.07, 6.45) is 1.19. The number of carboxylic acids is 1. The Labute approximate surface area is 196 Å². The van der Waals surface area contributed by atoms with E-state index in [1.165, 1.54) is 6.20 Å². The molecule has 1 atom stereocenters. The number of carboxylic acid groups (broad SMARTS) is 1. The molecule has 0 radical (unpaired) electrons. The van der Waals surface area contributed by atoms with Crippen molar-refractivity contribution in [3.63, 3.8) is 0 Å². The Balaban J connectivity index is 1.64. The van der Waals surface area contributed by atoms with Gasteiger partial charge in [-0.05, 0) is 38.5 Å². The van der Waals surface area contributed by atoms with E-state index in [0.29, 0.717) is 23.6 Å². The zero-order chi connectivity index (χ0) is 24.5. The third-order valence-electron chi connectivity index (χ3n) is 5.90. The monoisotopic (exact) mass is 462 g/mol. The first-order valence-corrected chi connectivity index (χ1v) is 10.9. The third-order valence-corrected chi connectivity index (χ3v) is 5.90. The van der Waals surface area contributed by atoms with Gasteiger partial charge in [-0.2, -0.15) is 4.98 Å². The van der Waals surface area contributed by atoms with Gasteiger partial charge in [0, 0.05) is 12.7 Å². The van der Waals surface area contributed by atoms with Crippen molar-refractivity contribution < 1.29 is 19.8 Å². The summed E-state index contributed by atoms with van der Waals surface area (Å²) in [6.45, 7) is 6.10. The van der Waals surface area contributed by atoms with Gasteiger partial charge in [0.1, 0.15) is 17.2 Å². The van der Waals surface area contributed by atoms with Crippen LogP contribution in [0.3, 0.4) is 0 Å². The summed E-state index contributed by atoms with van der Waals surface area (Å²) in [4.78, 5) is 39.2. The number of carbonyl (C=O) groups excluding carboxylic acids is 1. The molecule has 34 heavy (non-hydrogen) atoms. The van der Waals surface area contributed by atoms with Gasteiger partial charge in [-0.25, -0.2) is 14.8 Å². The zero-order valence-corrected chi connectivity index (χ0v) is 19.1. The van der Waals surface area contributed by atoms with Gasteiger partial charge in [0.05, 0.1) is 29.4 Å². The number of aliphatic hydroxyl groups is 1. The lowest BCUT2D eigenvalue weighted by Crippen LogP contribution is -2.39. The molecule has 2 aromatic heterocycles. The number of aromatic nitrogens is 3. The first kappa shape index (κ1) is 23.1. The van der Waals surface area contributed by atoms with E-state index in [1.54, 1.807) is 17.0 Å². The standard InChI is InChI=1S/C24H26N6O4/c1-4-30-21(32)15-10-11-18(27-19(15)24(30,2)3)28-23-25-12-16(22(33)34)20(29-23)26-17(13-31)14-8-6-5-7-9-14/h5-12,17,31H,4,13H2,1-3H3,(H,33,34)(H2,25,26,27,28,29)/t17-/m1/s1. The number of pyridine rings is 1. The van der Waals surface area contributed by atoms with E-state index in [1.807, 2.05) is 51.1 Å². The fraction of sp³-hybridized carbons (Fsp3) is 0.292. The van der Waals surface area contributed by atoms with Gasteiger partial charge in [-0.1, -0.05) is 30.3 Å². The van der Waals surface area contributed by atoms with Crippen LogP contribution in [0, 0.1) is 0 Å². The molecule has 0 aliphatic carbocycles. The number of hydrogen-bond donors (Lipinski definition) is 4. The van der Waals surface area contributed by atoms with Crippen molar-refractivity contribution in [1.29, 1.82) is 0 Å². The lowest BCUT2D eigenvalue weighted by molar-refractivity contribution is 0.0629. The summed E-state index contributed by atoms with van der Waals surface area (Å²) in [7, 11) is 0. The molecule has 4 rings (SSSR count). The van der Waals surface area contributed by atoms with Crippen LogP contribution in [-0.4, -0.2) is 55.1 Å². The van der Waals surface area contributed by atoms with E-state index < -0.39 is 17.6 Å². The topological polar surface area (TPSA) is 141 Å². The number of rotatable bonds is 8. The maximum Gasteiger partial charge on any atom is 0.341 e. The van der Waals surface area contributed by atoms with Crippen LogP contribution >= 0.6 is 0 Å². The number of aromatic carboxylic acids is 1. The molecule has 1 amide bonds. The number of nitrogens with zero attached hydrogens (tertiary/aromatic N) is 4. The Morgan fingerprint density at radius 3 is 2.53 bits per heavy atom. The molecule has 0 unspecified atom stereocenters. The second kappa shape index (κ2) is 9.06. The molecule has 176 valence electrons. The predicted molar refractivity (Wildman–Crippen MR) is 126 cm³/mol. The molecule has 0 saturated carbocycles. The highest BCUT2D eigenvalue weighted by atomic mass is 16.4. The van der Waals surface area contributed by atoms with Crippen LogP contribution in [0.1, 0.15) is 58.8 Å². The maximum atomic E-state index is 12.7. The molecule has 0 fully saturated rings. The van der Waals surface area contributed by atoms with E-state index in [4.69, 9.17) is 0 Å². The molecule has 1 aliphatic heterocycles. The van der Waals surface area contributed by atoms with Gasteiger partial charge >= 0.3 is 5.97 Å². The SMILES string of the molecule is CCN1C(=O)c2ccc(Nc3ncc(C(=O)O)c(N[C@H](CO)c4ccccc4)n3)nc2C1(C)C. The van der Waals surface area contributed by atoms with Crippen molar-refractivity contribution in [2.75, 3.05) is 23.8 Å². The van der Waals surface area contributed by atoms with Gasteiger partial charge in [0.25, 0.3) is 5.91 Å². The summed E-state index contributed by atoms with van der Waals surface area (Å²) in [5.74, 6) is -0.658. The number of hydrogen-bond acceptors (Lipinski definition) is 8. The maximum absolute atomic E-state index is 12.7. The van der Waals surface area contributed by atoms with Crippen LogP contribution in [0.15, 0.2) is 48.7 Å². The lowest BCUT2D eigenvalue weighted by atomic mass is 9.99. The van der Waals surface area contributed by atoms with Crippen LogP contribution in [0.2, 0.25) is 0 Å². The second-order valence-corrected chi connectivity index (χ2v) is 8.38. The molecule has 0 saturated heterocycles. The molecule has 3 heterocycles. The fourth-order valence-corrected chi connectivity index (χ4v) is 4.14. The number of aliphatic hydroxyl groups excluding tert-OH is 1. The Morgan fingerprint density at radius 1 is 1.15 bits per heavy atom. The van der Waals surface area contributed by atoms with E-state index in [9.17, 15) is 19.8 Å². The Kier molecular flexibility index (Phi) is 6.16. The minimum absolute atomic E-state index is 0.0572.